The number of carbonyl (C=O) groups excluding carboxylic acids is 3. The topological polar surface area (TPSA) is 75.7 Å². The summed E-state index contributed by atoms with van der Waals surface area (Å²) >= 11 is 17.9. The first-order chi connectivity index (χ1) is 12.8. The van der Waals surface area contributed by atoms with E-state index in [1.165, 1.54) is 37.4 Å². The van der Waals surface area contributed by atoms with Gasteiger partial charge < -0.3 is 10.1 Å². The van der Waals surface area contributed by atoms with Crippen LogP contribution in [0.3, 0.4) is 0 Å². The molecule has 0 spiro atoms. The quantitative estimate of drug-likeness (QED) is 0.586. The monoisotopic (exact) mass is 424 g/mol. The molecule has 1 N–H and O–H groups in total. The van der Waals surface area contributed by atoms with Gasteiger partial charge in [-0.2, -0.15) is 0 Å². The van der Waals surface area contributed by atoms with E-state index in [0.717, 1.165) is 4.90 Å². The molecule has 0 atom stereocenters. The molecule has 1 heterocycles. The van der Waals surface area contributed by atoms with E-state index >= 15 is 0 Å². The molecule has 27 heavy (non-hydrogen) atoms. The summed E-state index contributed by atoms with van der Waals surface area (Å²) in [4.78, 5) is 37.8. The average molecular weight is 426 g/mol. The van der Waals surface area contributed by atoms with Crippen molar-refractivity contribution < 1.29 is 19.1 Å². The van der Waals surface area contributed by atoms with Crippen molar-refractivity contribution in [2.24, 2.45) is 0 Å². The maximum Gasteiger partial charge on any atom is 0.337 e. The summed E-state index contributed by atoms with van der Waals surface area (Å²) in [7, 11) is 1.23. The molecule has 6 nitrogen and oxygen atoms in total. The Labute approximate surface area is 169 Å². The fourth-order valence-electron chi connectivity index (χ4n) is 2.45. The molecule has 1 aliphatic heterocycles. The highest BCUT2D eigenvalue weighted by Crippen LogP contribution is 2.32. The van der Waals surface area contributed by atoms with E-state index in [4.69, 9.17) is 34.8 Å². The van der Waals surface area contributed by atoms with Crippen molar-refractivity contribution in [3.8, 4) is 0 Å². The molecule has 0 bridgehead atoms. The van der Waals surface area contributed by atoms with E-state index in [2.05, 4.69) is 10.1 Å². The number of hydrogen-bond donors (Lipinski definition) is 1. The lowest BCUT2D eigenvalue weighted by molar-refractivity contribution is -0.120. The number of hydrogen-bond acceptors (Lipinski definition) is 5. The number of imide groups is 1. The molecule has 0 fully saturated rings. The van der Waals surface area contributed by atoms with Crippen LogP contribution in [0.5, 0.6) is 0 Å². The summed E-state index contributed by atoms with van der Waals surface area (Å²) in [5.74, 6) is -1.98. The molecule has 9 heteroatoms. The number of benzene rings is 2. The summed E-state index contributed by atoms with van der Waals surface area (Å²) < 4.78 is 4.65. The third-order valence-electron chi connectivity index (χ3n) is 3.74. The minimum atomic E-state index is -0.716. The Balaban J connectivity index is 1.92. The lowest BCUT2D eigenvalue weighted by Gasteiger charge is -2.16. The van der Waals surface area contributed by atoms with E-state index in [0.29, 0.717) is 10.7 Å². The highest BCUT2D eigenvalue weighted by molar-refractivity contribution is 6.53. The van der Waals surface area contributed by atoms with Crippen molar-refractivity contribution in [3.05, 3.63) is 68.8 Å². The van der Waals surface area contributed by atoms with Crippen LogP contribution < -0.4 is 10.2 Å². The van der Waals surface area contributed by atoms with Crippen LogP contribution in [0.4, 0.5) is 11.4 Å². The summed E-state index contributed by atoms with van der Waals surface area (Å²) in [5, 5.41) is 3.13. The van der Waals surface area contributed by atoms with Gasteiger partial charge in [0.15, 0.2) is 0 Å². The van der Waals surface area contributed by atoms with Crippen molar-refractivity contribution in [1.29, 1.82) is 0 Å². The first-order valence-electron chi connectivity index (χ1n) is 7.52. The van der Waals surface area contributed by atoms with Gasteiger partial charge in [-0.05, 0) is 36.4 Å². The lowest BCUT2D eigenvalue weighted by Crippen LogP contribution is -2.32. The predicted octanol–water partition coefficient (Wildman–Crippen LogP) is 4.22. The number of amides is 2. The highest BCUT2D eigenvalue weighted by Gasteiger charge is 2.39. The number of esters is 1. The van der Waals surface area contributed by atoms with Crippen LogP contribution in [0.25, 0.3) is 0 Å². The molecule has 0 saturated carbocycles. The summed E-state index contributed by atoms with van der Waals surface area (Å²) in [6, 6.07) is 10.5. The number of anilines is 2. The van der Waals surface area contributed by atoms with Crippen LogP contribution in [-0.2, 0) is 14.3 Å². The van der Waals surface area contributed by atoms with Crippen LogP contribution in [0.2, 0.25) is 10.0 Å². The Hall–Kier alpha value is -2.54. The Morgan fingerprint density at radius 1 is 1.00 bits per heavy atom. The largest absolute Gasteiger partial charge is 0.465 e. The van der Waals surface area contributed by atoms with Gasteiger partial charge in [0.05, 0.1) is 28.4 Å². The zero-order valence-electron chi connectivity index (χ0n) is 13.8. The van der Waals surface area contributed by atoms with E-state index in [1.54, 1.807) is 12.1 Å². The zero-order valence-corrected chi connectivity index (χ0v) is 16.0. The van der Waals surface area contributed by atoms with Gasteiger partial charge in [0.1, 0.15) is 10.7 Å². The molecule has 0 saturated heterocycles. The maximum atomic E-state index is 12.8. The summed E-state index contributed by atoms with van der Waals surface area (Å²) in [6.07, 6.45) is 0. The van der Waals surface area contributed by atoms with Gasteiger partial charge in [0.25, 0.3) is 11.8 Å². The van der Waals surface area contributed by atoms with Gasteiger partial charge in [-0.15, -0.1) is 0 Å². The molecular formula is C18H11Cl3N2O4. The third kappa shape index (κ3) is 3.64. The first-order valence-corrected chi connectivity index (χ1v) is 8.66. The van der Waals surface area contributed by atoms with Gasteiger partial charge >= 0.3 is 5.97 Å². The van der Waals surface area contributed by atoms with Crippen LogP contribution in [0.15, 0.2) is 53.2 Å². The van der Waals surface area contributed by atoms with Crippen LogP contribution >= 0.6 is 34.8 Å². The van der Waals surface area contributed by atoms with Gasteiger partial charge in [0, 0.05) is 5.69 Å². The van der Waals surface area contributed by atoms with Crippen LogP contribution in [0, 0.1) is 0 Å². The smallest absolute Gasteiger partial charge is 0.337 e. The molecule has 0 aliphatic carbocycles. The fraction of sp³-hybridized carbons (Fsp3) is 0.0556. The highest BCUT2D eigenvalue weighted by atomic mass is 35.5. The SMILES string of the molecule is COC(=O)c1cccc(N2C(=O)C(Cl)=C(Nc3ccc(Cl)c(Cl)c3)C2=O)c1. The molecule has 2 aromatic rings. The van der Waals surface area contributed by atoms with Crippen molar-refractivity contribution in [1.82, 2.24) is 0 Å². The molecular weight excluding hydrogens is 415 g/mol. The van der Waals surface area contributed by atoms with Crippen LogP contribution in [-0.4, -0.2) is 24.9 Å². The molecule has 1 aliphatic rings. The van der Waals surface area contributed by atoms with Gasteiger partial charge in [-0.1, -0.05) is 40.9 Å². The average Bonchev–Trinajstić information content (AvgIpc) is 2.87. The normalized spacial score (nSPS) is 14.0. The Kier molecular flexibility index (Phi) is 5.41. The molecule has 0 aromatic heterocycles. The maximum absolute atomic E-state index is 12.8. The van der Waals surface area contributed by atoms with E-state index in [9.17, 15) is 14.4 Å². The Morgan fingerprint density at radius 2 is 1.74 bits per heavy atom. The van der Waals surface area contributed by atoms with Crippen molar-refractivity contribution in [2.75, 3.05) is 17.3 Å². The Morgan fingerprint density at radius 3 is 2.41 bits per heavy atom. The second kappa shape index (κ2) is 7.60. The van der Waals surface area contributed by atoms with Gasteiger partial charge in [-0.25, -0.2) is 9.69 Å². The number of nitrogens with zero attached hydrogens (tertiary/aromatic N) is 1. The van der Waals surface area contributed by atoms with Crippen LogP contribution in [0.1, 0.15) is 10.4 Å². The van der Waals surface area contributed by atoms with E-state index in [-0.39, 0.29) is 27.0 Å². The van der Waals surface area contributed by atoms with Gasteiger partial charge in [-0.3, -0.25) is 9.59 Å². The van der Waals surface area contributed by atoms with Crippen molar-refractivity contribution in [2.45, 2.75) is 0 Å². The lowest BCUT2D eigenvalue weighted by atomic mass is 10.2. The number of methoxy groups -OCH3 is 1. The Bertz CT molecular complexity index is 1000. The van der Waals surface area contributed by atoms with Crippen molar-refractivity contribution >= 4 is 64.0 Å². The number of carbonyl (C=O) groups is 3. The molecule has 0 radical (unpaired) electrons. The minimum Gasteiger partial charge on any atom is -0.465 e. The minimum absolute atomic E-state index is 0.108. The van der Waals surface area contributed by atoms with E-state index < -0.39 is 17.8 Å². The zero-order chi connectivity index (χ0) is 19.7. The van der Waals surface area contributed by atoms with Crippen molar-refractivity contribution in [3.63, 3.8) is 0 Å². The fourth-order valence-corrected chi connectivity index (χ4v) is 2.96. The second-order valence-electron chi connectivity index (χ2n) is 5.43. The standard InChI is InChI=1S/C18H11Cl3N2O4/c1-27-18(26)9-3-2-4-11(7-9)23-16(24)14(21)15(17(23)25)22-10-5-6-12(19)13(20)8-10/h2-8,22H,1H3. The summed E-state index contributed by atoms with van der Waals surface area (Å²) in [6.45, 7) is 0. The number of nitrogens with one attached hydrogen (secondary N) is 1. The molecule has 0 unspecified atom stereocenters. The van der Waals surface area contributed by atoms with E-state index in [1.807, 2.05) is 0 Å². The molecule has 3 rings (SSSR count). The number of ether oxygens (including phenoxy) is 1. The first kappa shape index (κ1) is 19.2. The number of rotatable bonds is 4. The molecule has 2 amide bonds. The third-order valence-corrected chi connectivity index (χ3v) is 4.83. The summed E-state index contributed by atoms with van der Waals surface area (Å²) in [5.41, 5.74) is 0.710. The van der Waals surface area contributed by atoms with Gasteiger partial charge in [0.2, 0.25) is 0 Å². The second-order valence-corrected chi connectivity index (χ2v) is 6.62. The predicted molar refractivity (Wildman–Crippen MR) is 103 cm³/mol. The number of halogens is 3. The molecule has 2 aromatic carbocycles. The molecule has 138 valence electrons.